The minimum atomic E-state index is 0.224. The van der Waals surface area contributed by atoms with Gasteiger partial charge in [-0.3, -0.25) is 0 Å². The van der Waals surface area contributed by atoms with Gasteiger partial charge in [-0.05, 0) is 12.2 Å². The molecule has 0 saturated heterocycles. The molecule has 8 heteroatoms. The summed E-state index contributed by atoms with van der Waals surface area (Å²) in [5.74, 6) is 0.422. The molecule has 0 atom stereocenters. The summed E-state index contributed by atoms with van der Waals surface area (Å²) in [6.07, 6.45) is 1.50. The molecule has 2 aromatic rings. The topological polar surface area (TPSA) is 59.6 Å². The van der Waals surface area contributed by atoms with Crippen molar-refractivity contribution in [1.29, 1.82) is 0 Å². The van der Waals surface area contributed by atoms with Crippen molar-refractivity contribution in [3.05, 3.63) is 27.4 Å². The minimum absolute atomic E-state index is 0.224. The van der Waals surface area contributed by atoms with E-state index in [2.05, 4.69) is 15.2 Å². The van der Waals surface area contributed by atoms with E-state index in [1.807, 2.05) is 0 Å². The smallest absolute Gasteiger partial charge is 0.284 e. The Labute approximate surface area is 93.7 Å². The molecule has 74 valence electrons. The number of nitrogens with one attached hydrogen (secondary N) is 1. The third-order valence-corrected chi connectivity index (χ3v) is 2.46. The van der Waals surface area contributed by atoms with Gasteiger partial charge in [0.1, 0.15) is 11.7 Å². The number of hydrogen-bond acceptors (Lipinski definition) is 4. The number of rotatable bonds is 2. The summed E-state index contributed by atoms with van der Waals surface area (Å²) in [4.78, 5) is 4.03. The number of imidazole rings is 1. The fraction of sp³-hybridized carbons (Fsp3) is 0.167. The average Bonchev–Trinajstić information content (AvgIpc) is 2.67. The van der Waals surface area contributed by atoms with Gasteiger partial charge in [0.05, 0.1) is 6.33 Å². The van der Waals surface area contributed by atoms with Crippen molar-refractivity contribution in [3.8, 4) is 0 Å². The quantitative estimate of drug-likeness (QED) is 0.832. The molecule has 0 amide bonds. The van der Waals surface area contributed by atoms with Crippen LogP contribution in [0.4, 0.5) is 0 Å². The highest BCUT2D eigenvalue weighted by atomic mass is 35.5. The lowest BCUT2D eigenvalue weighted by Gasteiger charge is -1.97. The van der Waals surface area contributed by atoms with Crippen molar-refractivity contribution >= 4 is 35.4 Å². The van der Waals surface area contributed by atoms with E-state index in [4.69, 9.17) is 39.8 Å². The first-order valence-corrected chi connectivity index (χ1v) is 4.74. The van der Waals surface area contributed by atoms with Gasteiger partial charge in [0, 0.05) is 0 Å². The van der Waals surface area contributed by atoms with Crippen LogP contribution in [0.5, 0.6) is 0 Å². The van der Waals surface area contributed by atoms with Crippen LogP contribution in [-0.2, 0) is 6.54 Å². The van der Waals surface area contributed by atoms with E-state index in [9.17, 15) is 0 Å². The number of hydrogen-bond donors (Lipinski definition) is 1. The first kappa shape index (κ1) is 9.70. The Bertz CT molecular complexity index is 502. The third kappa shape index (κ3) is 1.82. The summed E-state index contributed by atoms with van der Waals surface area (Å²) in [5.41, 5.74) is 0. The van der Waals surface area contributed by atoms with Gasteiger partial charge in [-0.2, -0.15) is 0 Å². The summed E-state index contributed by atoms with van der Waals surface area (Å²) in [6, 6.07) is 0. The van der Waals surface area contributed by atoms with E-state index in [-0.39, 0.29) is 9.99 Å². The predicted molar refractivity (Wildman–Crippen MR) is 53.0 cm³/mol. The van der Waals surface area contributed by atoms with Crippen molar-refractivity contribution in [3.63, 3.8) is 0 Å². The molecule has 2 rings (SSSR count). The Morgan fingerprint density at radius 2 is 2.36 bits per heavy atom. The molecule has 2 aromatic heterocycles. The van der Waals surface area contributed by atoms with E-state index in [1.165, 1.54) is 6.33 Å². The fourth-order valence-electron chi connectivity index (χ4n) is 0.927. The Kier molecular flexibility index (Phi) is 2.58. The van der Waals surface area contributed by atoms with E-state index >= 15 is 0 Å². The highest BCUT2D eigenvalue weighted by Gasteiger charge is 2.08. The lowest BCUT2D eigenvalue weighted by molar-refractivity contribution is 0.466. The molecule has 2 heterocycles. The maximum Gasteiger partial charge on any atom is 0.284 e. The van der Waals surface area contributed by atoms with Crippen LogP contribution >= 0.6 is 35.4 Å². The number of aromatic nitrogens is 4. The van der Waals surface area contributed by atoms with Crippen LogP contribution in [0.3, 0.4) is 0 Å². The molecule has 0 aromatic carbocycles. The average molecular weight is 251 g/mol. The summed E-state index contributed by atoms with van der Waals surface area (Å²) in [6.45, 7) is 0.339. The first-order valence-electron chi connectivity index (χ1n) is 3.57. The molecule has 0 unspecified atom stereocenters. The summed E-state index contributed by atoms with van der Waals surface area (Å²) < 4.78 is 6.65. The zero-order chi connectivity index (χ0) is 10.1. The van der Waals surface area contributed by atoms with Gasteiger partial charge in [-0.15, -0.1) is 5.10 Å². The maximum absolute atomic E-state index is 5.83. The van der Waals surface area contributed by atoms with Gasteiger partial charge in [-0.25, -0.2) is 10.1 Å². The Balaban J connectivity index is 2.27. The number of nitrogens with zero attached hydrogens (tertiary/aromatic N) is 3. The highest BCUT2D eigenvalue weighted by molar-refractivity contribution is 7.71. The van der Waals surface area contributed by atoms with Gasteiger partial charge in [0.25, 0.3) is 4.84 Å². The van der Waals surface area contributed by atoms with Crippen LogP contribution in [0.15, 0.2) is 10.7 Å². The zero-order valence-electron chi connectivity index (χ0n) is 6.70. The summed E-state index contributed by atoms with van der Waals surface area (Å²) in [5, 5.41) is 6.91. The molecule has 0 radical (unpaired) electrons. The van der Waals surface area contributed by atoms with E-state index in [0.717, 1.165) is 0 Å². The molecule has 0 aliphatic heterocycles. The predicted octanol–water partition coefficient (Wildman–Crippen LogP) is 2.28. The lowest BCUT2D eigenvalue weighted by Crippen LogP contribution is -1.98. The summed E-state index contributed by atoms with van der Waals surface area (Å²) >= 11 is 16.2. The molecule has 0 saturated carbocycles. The zero-order valence-corrected chi connectivity index (χ0v) is 9.03. The second-order valence-corrected chi connectivity index (χ2v) is 3.55. The summed E-state index contributed by atoms with van der Waals surface area (Å²) in [7, 11) is 0. The van der Waals surface area contributed by atoms with Crippen LogP contribution in [0.25, 0.3) is 0 Å². The van der Waals surface area contributed by atoms with Gasteiger partial charge in [0.15, 0.2) is 5.15 Å². The molecule has 0 bridgehead atoms. The molecule has 5 nitrogen and oxygen atoms in total. The maximum atomic E-state index is 5.83. The molecule has 0 spiro atoms. The van der Waals surface area contributed by atoms with Crippen molar-refractivity contribution in [2.45, 2.75) is 6.54 Å². The van der Waals surface area contributed by atoms with Gasteiger partial charge in [0.2, 0.25) is 5.89 Å². The Hall–Kier alpha value is -0.850. The number of H-pyrrole nitrogens is 1. The van der Waals surface area contributed by atoms with E-state index < -0.39 is 0 Å². The van der Waals surface area contributed by atoms with Crippen LogP contribution in [0, 0.1) is 4.84 Å². The van der Waals surface area contributed by atoms with Crippen molar-refractivity contribution in [2.75, 3.05) is 0 Å². The molecule has 0 fully saturated rings. The normalized spacial score (nSPS) is 10.7. The molecule has 14 heavy (non-hydrogen) atoms. The van der Waals surface area contributed by atoms with Crippen LogP contribution in [0.1, 0.15) is 5.89 Å². The SMILES string of the molecule is S=c1[nH]nc(Cn2cnc(Cl)c2Cl)o1. The largest absolute Gasteiger partial charge is 0.412 e. The second-order valence-electron chi connectivity index (χ2n) is 2.46. The number of halogens is 2. The molecule has 0 aliphatic rings. The van der Waals surface area contributed by atoms with Crippen LogP contribution < -0.4 is 0 Å². The van der Waals surface area contributed by atoms with Gasteiger partial charge >= 0.3 is 0 Å². The van der Waals surface area contributed by atoms with E-state index in [1.54, 1.807) is 4.57 Å². The van der Waals surface area contributed by atoms with Crippen molar-refractivity contribution in [1.82, 2.24) is 19.7 Å². The standard InChI is InChI=1S/C6H4Cl2N4OS/c7-4-5(8)12(2-9-4)1-3-10-11-6(14)13-3/h2H,1H2,(H,11,14). The van der Waals surface area contributed by atoms with Gasteiger partial charge in [-0.1, -0.05) is 23.2 Å². The number of aromatic amines is 1. The van der Waals surface area contributed by atoms with Crippen LogP contribution in [0.2, 0.25) is 10.3 Å². The molecular formula is C6H4Cl2N4OS. The lowest BCUT2D eigenvalue weighted by atomic mass is 10.6. The molecular weight excluding hydrogens is 247 g/mol. The van der Waals surface area contributed by atoms with E-state index in [0.29, 0.717) is 17.6 Å². The van der Waals surface area contributed by atoms with Crippen molar-refractivity contribution < 1.29 is 4.42 Å². The van der Waals surface area contributed by atoms with Gasteiger partial charge < -0.3 is 8.98 Å². The first-order chi connectivity index (χ1) is 6.66. The Morgan fingerprint density at radius 1 is 1.57 bits per heavy atom. The third-order valence-electron chi connectivity index (χ3n) is 1.52. The Morgan fingerprint density at radius 3 is 2.86 bits per heavy atom. The van der Waals surface area contributed by atoms with Crippen molar-refractivity contribution in [2.24, 2.45) is 0 Å². The fourth-order valence-corrected chi connectivity index (χ4v) is 1.37. The monoisotopic (exact) mass is 250 g/mol. The molecule has 0 aliphatic carbocycles. The van der Waals surface area contributed by atoms with Crippen LogP contribution in [-0.4, -0.2) is 19.7 Å². The minimum Gasteiger partial charge on any atom is -0.412 e. The molecule has 1 N–H and O–H groups in total. The highest BCUT2D eigenvalue weighted by Crippen LogP contribution is 2.20. The second kappa shape index (κ2) is 3.72.